The van der Waals surface area contributed by atoms with Gasteiger partial charge in [-0.1, -0.05) is 37.1 Å². The van der Waals surface area contributed by atoms with Crippen LogP contribution in [0, 0.1) is 0 Å². The number of nitrogens with one attached hydrogen (secondary N) is 2. The summed E-state index contributed by atoms with van der Waals surface area (Å²) in [5.41, 5.74) is 2.78. The first kappa shape index (κ1) is 28.3. The molecule has 0 atom stereocenters. The fourth-order valence-corrected chi connectivity index (χ4v) is 4.81. The number of halogens is 1. The Hall–Kier alpha value is -0.900. The van der Waals surface area contributed by atoms with Crippen molar-refractivity contribution < 1.29 is 4.74 Å². The highest BCUT2D eigenvalue weighted by atomic mass is 127. The van der Waals surface area contributed by atoms with Gasteiger partial charge in [-0.25, -0.2) is 4.99 Å². The quantitative estimate of drug-likeness (QED) is 0.191. The van der Waals surface area contributed by atoms with Crippen LogP contribution in [0.3, 0.4) is 0 Å². The van der Waals surface area contributed by atoms with Crippen LogP contribution in [0.5, 0.6) is 0 Å². The Balaban J connectivity index is 0.00000385. The maximum Gasteiger partial charge on any atom is 0.191 e. The molecule has 0 spiro atoms. The lowest BCUT2D eigenvalue weighted by molar-refractivity contribution is 0.155. The number of methoxy groups -OCH3 is 1. The molecular formula is C26H46IN5O. The van der Waals surface area contributed by atoms with Crippen LogP contribution in [0.1, 0.15) is 63.0 Å². The van der Waals surface area contributed by atoms with Gasteiger partial charge in [0.25, 0.3) is 0 Å². The number of nitrogens with zero attached hydrogens (tertiary/aromatic N) is 3. The van der Waals surface area contributed by atoms with E-state index in [2.05, 4.69) is 51.6 Å². The summed E-state index contributed by atoms with van der Waals surface area (Å²) in [5, 5.41) is 7.16. The van der Waals surface area contributed by atoms with Gasteiger partial charge in [-0.15, -0.1) is 24.0 Å². The van der Waals surface area contributed by atoms with Gasteiger partial charge in [-0.3, -0.25) is 4.90 Å². The predicted molar refractivity (Wildman–Crippen MR) is 150 cm³/mol. The standard InChI is InChI=1S/C26H45N5O.HI/c1-3-27-26(29-25-13-18-30(19-14-25)17-10-20-32-2)28-21-23-11-6-7-12-24(23)22-31-15-8-4-5-9-16-31;/h6-7,11-12,25H,3-5,8-10,13-22H2,1-2H3,(H2,27,28,29);1H. The Bertz CT molecular complexity index is 670. The molecule has 2 fully saturated rings. The zero-order valence-corrected chi connectivity index (χ0v) is 23.2. The molecule has 0 aliphatic carbocycles. The molecule has 1 aromatic carbocycles. The molecular weight excluding hydrogens is 525 g/mol. The first-order valence-corrected chi connectivity index (χ1v) is 12.8. The van der Waals surface area contributed by atoms with Crippen molar-refractivity contribution in [2.75, 3.05) is 53.0 Å². The summed E-state index contributed by atoms with van der Waals surface area (Å²) in [5.74, 6) is 0.954. The first-order valence-electron chi connectivity index (χ1n) is 12.8. The molecule has 0 unspecified atom stereocenters. The van der Waals surface area contributed by atoms with Crippen LogP contribution in [0.15, 0.2) is 29.3 Å². The van der Waals surface area contributed by atoms with Gasteiger partial charge < -0.3 is 20.3 Å². The van der Waals surface area contributed by atoms with Crippen LogP contribution in [0.25, 0.3) is 0 Å². The van der Waals surface area contributed by atoms with E-state index in [0.29, 0.717) is 6.04 Å². The minimum absolute atomic E-state index is 0. The van der Waals surface area contributed by atoms with Crippen molar-refractivity contribution in [2.45, 2.75) is 71.0 Å². The normalized spacial score (nSPS) is 19.0. The van der Waals surface area contributed by atoms with Crippen LogP contribution < -0.4 is 10.6 Å². The number of rotatable bonds is 10. The molecule has 0 aromatic heterocycles. The third-order valence-corrected chi connectivity index (χ3v) is 6.71. The van der Waals surface area contributed by atoms with Crippen LogP contribution in [0.4, 0.5) is 0 Å². The van der Waals surface area contributed by atoms with Gasteiger partial charge >= 0.3 is 0 Å². The molecule has 2 heterocycles. The van der Waals surface area contributed by atoms with Gasteiger partial charge in [0.1, 0.15) is 0 Å². The molecule has 3 rings (SSSR count). The van der Waals surface area contributed by atoms with E-state index in [-0.39, 0.29) is 24.0 Å². The summed E-state index contributed by atoms with van der Waals surface area (Å²) in [6.45, 7) is 11.6. The van der Waals surface area contributed by atoms with Crippen molar-refractivity contribution in [3.8, 4) is 0 Å². The van der Waals surface area contributed by atoms with Gasteiger partial charge in [-0.2, -0.15) is 0 Å². The van der Waals surface area contributed by atoms with E-state index >= 15 is 0 Å². The Labute approximate surface area is 218 Å². The number of hydrogen-bond acceptors (Lipinski definition) is 4. The predicted octanol–water partition coefficient (Wildman–Crippen LogP) is 4.24. The maximum atomic E-state index is 5.19. The van der Waals surface area contributed by atoms with Gasteiger partial charge in [0, 0.05) is 52.5 Å². The lowest BCUT2D eigenvalue weighted by atomic mass is 10.1. The molecule has 0 radical (unpaired) electrons. The SMILES string of the molecule is CCNC(=NCc1ccccc1CN1CCCCCC1)NC1CCN(CCCOC)CC1.I. The number of ether oxygens (including phenoxy) is 1. The molecule has 0 amide bonds. The van der Waals surface area contributed by atoms with E-state index in [1.54, 1.807) is 7.11 Å². The zero-order chi connectivity index (χ0) is 22.4. The smallest absolute Gasteiger partial charge is 0.191 e. The Morgan fingerprint density at radius 1 is 1.00 bits per heavy atom. The maximum absolute atomic E-state index is 5.19. The molecule has 0 bridgehead atoms. The van der Waals surface area contributed by atoms with Crippen molar-refractivity contribution in [3.05, 3.63) is 35.4 Å². The van der Waals surface area contributed by atoms with Crippen LogP contribution in [0.2, 0.25) is 0 Å². The van der Waals surface area contributed by atoms with Crippen molar-refractivity contribution in [3.63, 3.8) is 0 Å². The van der Waals surface area contributed by atoms with Crippen molar-refractivity contribution in [2.24, 2.45) is 4.99 Å². The number of aliphatic imine (C=N–C) groups is 1. The van der Waals surface area contributed by atoms with E-state index in [0.717, 1.165) is 58.3 Å². The molecule has 2 aliphatic heterocycles. The second kappa shape index (κ2) is 16.7. The highest BCUT2D eigenvalue weighted by molar-refractivity contribution is 14.0. The Morgan fingerprint density at radius 2 is 1.70 bits per heavy atom. The number of piperidine rings is 1. The average molecular weight is 572 g/mol. The Morgan fingerprint density at radius 3 is 2.36 bits per heavy atom. The zero-order valence-electron chi connectivity index (χ0n) is 20.9. The van der Waals surface area contributed by atoms with Gasteiger partial charge in [0.15, 0.2) is 5.96 Å². The molecule has 188 valence electrons. The Kier molecular flexibility index (Phi) is 14.3. The molecule has 2 saturated heterocycles. The summed E-state index contributed by atoms with van der Waals surface area (Å²) >= 11 is 0. The third-order valence-electron chi connectivity index (χ3n) is 6.71. The van der Waals surface area contributed by atoms with Gasteiger partial charge in [-0.05, 0) is 63.2 Å². The highest BCUT2D eigenvalue weighted by Gasteiger charge is 2.19. The summed E-state index contributed by atoms with van der Waals surface area (Å²) in [4.78, 5) is 10.2. The average Bonchev–Trinajstić information content (AvgIpc) is 3.08. The van der Waals surface area contributed by atoms with Crippen molar-refractivity contribution in [1.29, 1.82) is 0 Å². The van der Waals surface area contributed by atoms with E-state index in [9.17, 15) is 0 Å². The molecule has 6 nitrogen and oxygen atoms in total. The van der Waals surface area contributed by atoms with E-state index < -0.39 is 0 Å². The third kappa shape index (κ3) is 10.5. The fourth-order valence-electron chi connectivity index (χ4n) is 4.81. The largest absolute Gasteiger partial charge is 0.385 e. The second-order valence-electron chi connectivity index (χ2n) is 9.26. The summed E-state index contributed by atoms with van der Waals surface area (Å²) in [6.07, 6.45) is 8.89. The molecule has 2 aliphatic rings. The lowest BCUT2D eigenvalue weighted by Crippen LogP contribution is -2.48. The van der Waals surface area contributed by atoms with E-state index in [4.69, 9.17) is 9.73 Å². The topological polar surface area (TPSA) is 52.1 Å². The second-order valence-corrected chi connectivity index (χ2v) is 9.26. The van der Waals surface area contributed by atoms with Crippen LogP contribution >= 0.6 is 24.0 Å². The van der Waals surface area contributed by atoms with Crippen LogP contribution in [-0.4, -0.2) is 74.8 Å². The van der Waals surface area contributed by atoms with E-state index in [1.807, 2.05) is 0 Å². The minimum atomic E-state index is 0. The first-order chi connectivity index (χ1) is 15.8. The monoisotopic (exact) mass is 571 g/mol. The number of guanidine groups is 1. The number of hydrogen-bond donors (Lipinski definition) is 2. The molecule has 0 saturated carbocycles. The summed E-state index contributed by atoms with van der Waals surface area (Å²) < 4.78 is 5.19. The fraction of sp³-hybridized carbons (Fsp3) is 0.731. The van der Waals surface area contributed by atoms with E-state index in [1.165, 1.54) is 62.7 Å². The van der Waals surface area contributed by atoms with Crippen molar-refractivity contribution >= 4 is 29.9 Å². The highest BCUT2D eigenvalue weighted by Crippen LogP contribution is 2.17. The molecule has 1 aromatic rings. The number of benzene rings is 1. The summed E-state index contributed by atoms with van der Waals surface area (Å²) in [7, 11) is 1.78. The van der Waals surface area contributed by atoms with Crippen molar-refractivity contribution in [1.82, 2.24) is 20.4 Å². The van der Waals surface area contributed by atoms with Gasteiger partial charge in [0.05, 0.1) is 6.54 Å². The molecule has 7 heteroatoms. The minimum Gasteiger partial charge on any atom is -0.385 e. The number of likely N-dealkylation sites (tertiary alicyclic amines) is 2. The van der Waals surface area contributed by atoms with Gasteiger partial charge in [0.2, 0.25) is 0 Å². The summed E-state index contributed by atoms with van der Waals surface area (Å²) in [6, 6.07) is 9.35. The molecule has 2 N–H and O–H groups in total. The lowest BCUT2D eigenvalue weighted by Gasteiger charge is -2.33. The molecule has 33 heavy (non-hydrogen) atoms. The van der Waals surface area contributed by atoms with Crippen LogP contribution in [-0.2, 0) is 17.8 Å².